The van der Waals surface area contributed by atoms with Crippen molar-refractivity contribution in [1.82, 2.24) is 4.68 Å². The maximum atomic E-state index is 5.52. The van der Waals surface area contributed by atoms with E-state index in [1.807, 2.05) is 66.5 Å². The van der Waals surface area contributed by atoms with Gasteiger partial charge in [-0.3, -0.25) is 4.99 Å². The lowest BCUT2D eigenvalue weighted by atomic mass is 10.1. The third-order valence-corrected chi connectivity index (χ3v) is 5.57. The van der Waals surface area contributed by atoms with Crippen molar-refractivity contribution >= 4 is 33.5 Å². The van der Waals surface area contributed by atoms with Crippen LogP contribution in [0.2, 0.25) is 0 Å². The molecule has 0 aliphatic carbocycles. The fourth-order valence-electron chi connectivity index (χ4n) is 2.82. The summed E-state index contributed by atoms with van der Waals surface area (Å²) in [6.45, 7) is 4.09. The molecule has 0 aliphatic heterocycles. The van der Waals surface area contributed by atoms with Crippen LogP contribution in [-0.2, 0) is 0 Å². The highest BCUT2D eigenvalue weighted by Gasteiger charge is 2.17. The highest BCUT2D eigenvalue weighted by Crippen LogP contribution is 2.41. The van der Waals surface area contributed by atoms with Crippen LogP contribution in [0.5, 0.6) is 17.2 Å². The number of thiazole rings is 1. The molecule has 0 unspecified atom stereocenters. The zero-order chi connectivity index (χ0) is 21.7. The molecule has 1 heterocycles. The number of halogens is 1. The highest BCUT2D eigenvalue weighted by atomic mass is 79.9. The standard InChI is InChI=1S/C22H24BrN3O3S/c1-14(2)25-22-26(24-12-15-6-8-17(23)9-7-15)18(13-30-22)16-10-19(27-3)21(29-5)20(11-16)28-4/h6-14H,1-5H3. The van der Waals surface area contributed by atoms with Gasteiger partial charge in [0.05, 0.1) is 33.2 Å². The summed E-state index contributed by atoms with van der Waals surface area (Å²) >= 11 is 4.99. The van der Waals surface area contributed by atoms with Gasteiger partial charge >= 0.3 is 0 Å². The van der Waals surface area contributed by atoms with Gasteiger partial charge in [0.25, 0.3) is 0 Å². The molecule has 0 atom stereocenters. The largest absolute Gasteiger partial charge is 0.493 e. The van der Waals surface area contributed by atoms with Crippen LogP contribution in [-0.4, -0.2) is 38.3 Å². The first-order valence-corrected chi connectivity index (χ1v) is 11.0. The van der Waals surface area contributed by atoms with E-state index < -0.39 is 0 Å². The van der Waals surface area contributed by atoms with Crippen LogP contribution in [0.25, 0.3) is 11.3 Å². The molecule has 0 fully saturated rings. The minimum Gasteiger partial charge on any atom is -0.493 e. The topological polar surface area (TPSA) is 57.3 Å². The number of hydrogen-bond acceptors (Lipinski definition) is 6. The van der Waals surface area contributed by atoms with Gasteiger partial charge in [0.2, 0.25) is 10.6 Å². The second kappa shape index (κ2) is 9.95. The van der Waals surface area contributed by atoms with Gasteiger partial charge in [0.15, 0.2) is 11.5 Å². The van der Waals surface area contributed by atoms with Gasteiger partial charge in [-0.1, -0.05) is 28.1 Å². The number of benzene rings is 2. The molecule has 0 bridgehead atoms. The molecule has 0 N–H and O–H groups in total. The van der Waals surface area contributed by atoms with Gasteiger partial charge in [0.1, 0.15) is 0 Å². The van der Waals surface area contributed by atoms with E-state index in [4.69, 9.17) is 24.3 Å². The molecule has 2 aromatic carbocycles. The lowest BCUT2D eigenvalue weighted by molar-refractivity contribution is 0.324. The number of rotatable bonds is 7. The van der Waals surface area contributed by atoms with E-state index in [-0.39, 0.29) is 6.04 Å². The first-order chi connectivity index (χ1) is 14.5. The Morgan fingerprint density at radius 1 is 1.00 bits per heavy atom. The predicted octanol–water partition coefficient (Wildman–Crippen LogP) is 5.20. The van der Waals surface area contributed by atoms with Gasteiger partial charge in [-0.25, -0.2) is 4.68 Å². The molecule has 30 heavy (non-hydrogen) atoms. The van der Waals surface area contributed by atoms with Crippen molar-refractivity contribution in [1.29, 1.82) is 0 Å². The molecular formula is C22H24BrN3O3S. The maximum absolute atomic E-state index is 5.52. The van der Waals surface area contributed by atoms with Crippen LogP contribution in [0.3, 0.4) is 0 Å². The van der Waals surface area contributed by atoms with E-state index in [9.17, 15) is 0 Å². The first-order valence-electron chi connectivity index (χ1n) is 9.31. The molecule has 6 nitrogen and oxygen atoms in total. The van der Waals surface area contributed by atoms with Crippen molar-refractivity contribution in [2.45, 2.75) is 19.9 Å². The van der Waals surface area contributed by atoms with E-state index >= 15 is 0 Å². The number of aromatic nitrogens is 1. The average Bonchev–Trinajstić information content (AvgIpc) is 3.13. The van der Waals surface area contributed by atoms with Crippen molar-refractivity contribution < 1.29 is 14.2 Å². The molecule has 0 saturated heterocycles. The minimum absolute atomic E-state index is 0.144. The van der Waals surface area contributed by atoms with E-state index in [0.29, 0.717) is 17.2 Å². The fourth-order valence-corrected chi connectivity index (χ4v) is 4.06. The lowest BCUT2D eigenvalue weighted by Crippen LogP contribution is -2.14. The van der Waals surface area contributed by atoms with Crippen molar-refractivity contribution in [3.8, 4) is 28.5 Å². The summed E-state index contributed by atoms with van der Waals surface area (Å²) in [7, 11) is 4.80. The molecule has 158 valence electrons. The summed E-state index contributed by atoms with van der Waals surface area (Å²) in [5.74, 6) is 1.73. The number of methoxy groups -OCH3 is 3. The summed E-state index contributed by atoms with van der Waals surface area (Å²) in [6, 6.07) is 11.9. The second-order valence-corrected chi connectivity index (χ2v) is 8.40. The van der Waals surface area contributed by atoms with Gasteiger partial charge in [-0.05, 0) is 43.7 Å². The number of nitrogens with zero attached hydrogens (tertiary/aromatic N) is 3. The molecule has 1 aromatic heterocycles. The van der Waals surface area contributed by atoms with E-state index in [0.717, 1.165) is 26.1 Å². The summed E-state index contributed by atoms with van der Waals surface area (Å²) < 4.78 is 19.3. The number of ether oxygens (including phenoxy) is 3. The summed E-state index contributed by atoms with van der Waals surface area (Å²) in [4.78, 5) is 5.53. The van der Waals surface area contributed by atoms with Crippen LogP contribution in [0, 0.1) is 0 Å². The van der Waals surface area contributed by atoms with Crippen molar-refractivity contribution in [3.05, 3.63) is 56.6 Å². The normalized spacial score (nSPS) is 12.0. The molecule has 0 amide bonds. The Bertz CT molecular complexity index is 1080. The number of hydrogen-bond donors (Lipinski definition) is 0. The van der Waals surface area contributed by atoms with E-state index in [1.165, 1.54) is 11.3 Å². The second-order valence-electron chi connectivity index (χ2n) is 6.65. The fraction of sp³-hybridized carbons (Fsp3) is 0.273. The molecule has 3 aromatic rings. The minimum atomic E-state index is 0.144. The van der Waals surface area contributed by atoms with E-state index in [1.54, 1.807) is 21.3 Å². The van der Waals surface area contributed by atoms with Crippen molar-refractivity contribution in [2.24, 2.45) is 10.1 Å². The third-order valence-electron chi connectivity index (χ3n) is 4.21. The van der Waals surface area contributed by atoms with Gasteiger partial charge < -0.3 is 14.2 Å². The molecule has 8 heteroatoms. The third kappa shape index (κ3) is 4.94. The van der Waals surface area contributed by atoms with Crippen molar-refractivity contribution in [3.63, 3.8) is 0 Å². The van der Waals surface area contributed by atoms with E-state index in [2.05, 4.69) is 15.9 Å². The summed E-state index contributed by atoms with van der Waals surface area (Å²) in [5.41, 5.74) is 2.76. The maximum Gasteiger partial charge on any atom is 0.206 e. The Hall–Kier alpha value is -2.58. The predicted molar refractivity (Wildman–Crippen MR) is 125 cm³/mol. The van der Waals surface area contributed by atoms with Crippen LogP contribution in [0.1, 0.15) is 19.4 Å². The Balaban J connectivity index is 2.16. The zero-order valence-corrected chi connectivity index (χ0v) is 20.0. The van der Waals surface area contributed by atoms with Crippen LogP contribution in [0.15, 0.2) is 56.3 Å². The molecule has 0 spiro atoms. The summed E-state index contributed by atoms with van der Waals surface area (Å²) in [5, 5.41) is 6.76. The molecule has 0 aliphatic rings. The van der Waals surface area contributed by atoms with Crippen LogP contribution in [0.4, 0.5) is 0 Å². The summed E-state index contributed by atoms with van der Waals surface area (Å²) in [6.07, 6.45) is 1.82. The van der Waals surface area contributed by atoms with Crippen molar-refractivity contribution in [2.75, 3.05) is 21.3 Å². The molecular weight excluding hydrogens is 466 g/mol. The van der Waals surface area contributed by atoms with Gasteiger partial charge in [-0.2, -0.15) is 5.10 Å². The van der Waals surface area contributed by atoms with Crippen LogP contribution < -0.4 is 19.0 Å². The van der Waals surface area contributed by atoms with Crippen LogP contribution >= 0.6 is 27.3 Å². The molecule has 3 rings (SSSR count). The Morgan fingerprint density at radius 2 is 1.63 bits per heavy atom. The molecule has 0 radical (unpaired) electrons. The monoisotopic (exact) mass is 489 g/mol. The molecule has 0 saturated carbocycles. The Kier molecular flexibility index (Phi) is 7.33. The quantitative estimate of drug-likeness (QED) is 0.428. The zero-order valence-electron chi connectivity index (χ0n) is 17.5. The first kappa shape index (κ1) is 22.1. The SMILES string of the molecule is COc1cc(-c2csc(=NC(C)C)n2N=Cc2ccc(Br)cc2)cc(OC)c1OC. The van der Waals surface area contributed by atoms with Gasteiger partial charge in [-0.15, -0.1) is 11.3 Å². The van der Waals surface area contributed by atoms with Gasteiger partial charge in [0, 0.05) is 21.5 Å². The Morgan fingerprint density at radius 3 is 2.17 bits per heavy atom. The Labute approximate surface area is 188 Å². The smallest absolute Gasteiger partial charge is 0.206 e. The highest BCUT2D eigenvalue weighted by molar-refractivity contribution is 9.10. The lowest BCUT2D eigenvalue weighted by Gasteiger charge is -2.14. The average molecular weight is 490 g/mol.